The molecule has 4 nitrogen and oxygen atoms in total. The molecule has 26 heavy (non-hydrogen) atoms. The zero-order valence-corrected chi connectivity index (χ0v) is 15.6. The molecular formula is C21H15BrN2O2. The van der Waals surface area contributed by atoms with Gasteiger partial charge >= 0.3 is 0 Å². The summed E-state index contributed by atoms with van der Waals surface area (Å²) in [6, 6.07) is 20.5. The van der Waals surface area contributed by atoms with Crippen LogP contribution in [0.2, 0.25) is 0 Å². The van der Waals surface area contributed by atoms with E-state index in [0.29, 0.717) is 23.0 Å². The molecule has 0 fully saturated rings. The molecule has 128 valence electrons. The standard InChI is InChI=1S/C21H15BrN2O2/c1-13-10-11-19(16(22)12-13)26-21-14-6-2-4-8-17(14)23-20(24-21)15-7-3-5-9-18(15)25/h2-12,25H,1H3. The second-order valence-corrected chi connectivity index (χ2v) is 6.78. The molecule has 0 unspecified atom stereocenters. The lowest BCUT2D eigenvalue weighted by Gasteiger charge is -2.12. The van der Waals surface area contributed by atoms with Crippen LogP contribution in [0.3, 0.4) is 0 Å². The van der Waals surface area contributed by atoms with Crippen molar-refractivity contribution >= 4 is 26.8 Å². The van der Waals surface area contributed by atoms with E-state index in [0.717, 1.165) is 20.9 Å². The van der Waals surface area contributed by atoms with Crippen molar-refractivity contribution in [2.24, 2.45) is 0 Å². The Labute approximate surface area is 159 Å². The number of aryl methyl sites for hydroxylation is 1. The van der Waals surface area contributed by atoms with Crippen molar-refractivity contribution in [2.75, 3.05) is 0 Å². The van der Waals surface area contributed by atoms with E-state index < -0.39 is 0 Å². The topological polar surface area (TPSA) is 55.2 Å². The first-order valence-electron chi connectivity index (χ1n) is 8.11. The maximum absolute atomic E-state index is 10.2. The molecule has 1 aromatic heterocycles. The van der Waals surface area contributed by atoms with Crippen molar-refractivity contribution in [1.82, 2.24) is 9.97 Å². The molecule has 0 atom stereocenters. The van der Waals surface area contributed by atoms with E-state index in [2.05, 4.69) is 25.9 Å². The Kier molecular flexibility index (Phi) is 4.31. The van der Waals surface area contributed by atoms with Gasteiger partial charge in [-0.05, 0) is 64.8 Å². The molecule has 3 aromatic carbocycles. The number of halogens is 1. The van der Waals surface area contributed by atoms with Crippen molar-refractivity contribution in [2.45, 2.75) is 6.92 Å². The first-order valence-corrected chi connectivity index (χ1v) is 8.90. The first kappa shape index (κ1) is 16.5. The minimum absolute atomic E-state index is 0.130. The molecule has 0 amide bonds. The first-order chi connectivity index (χ1) is 12.6. The SMILES string of the molecule is Cc1ccc(Oc2nc(-c3ccccc3O)nc3ccccc23)c(Br)c1. The van der Waals surface area contributed by atoms with Gasteiger partial charge in [-0.15, -0.1) is 0 Å². The Hall–Kier alpha value is -2.92. The second-order valence-electron chi connectivity index (χ2n) is 5.92. The van der Waals surface area contributed by atoms with Crippen LogP contribution in [0.5, 0.6) is 17.4 Å². The summed E-state index contributed by atoms with van der Waals surface area (Å²) >= 11 is 3.54. The number of hydrogen-bond acceptors (Lipinski definition) is 4. The summed E-state index contributed by atoms with van der Waals surface area (Å²) in [5.74, 6) is 1.66. The monoisotopic (exact) mass is 406 g/mol. The van der Waals surface area contributed by atoms with Crippen LogP contribution in [-0.2, 0) is 0 Å². The summed E-state index contributed by atoms with van der Waals surface area (Å²) in [6.45, 7) is 2.02. The number of benzene rings is 3. The number of phenolic OH excluding ortho intramolecular Hbond substituents is 1. The molecule has 4 aromatic rings. The zero-order chi connectivity index (χ0) is 18.1. The van der Waals surface area contributed by atoms with Gasteiger partial charge in [-0.25, -0.2) is 4.98 Å². The summed E-state index contributed by atoms with van der Waals surface area (Å²) in [5.41, 5.74) is 2.44. The van der Waals surface area contributed by atoms with Crippen LogP contribution in [-0.4, -0.2) is 15.1 Å². The smallest absolute Gasteiger partial charge is 0.230 e. The fourth-order valence-corrected chi connectivity index (χ4v) is 3.28. The molecule has 0 spiro atoms. The third kappa shape index (κ3) is 3.13. The van der Waals surface area contributed by atoms with E-state index in [1.165, 1.54) is 0 Å². The van der Waals surface area contributed by atoms with E-state index in [-0.39, 0.29) is 5.75 Å². The van der Waals surface area contributed by atoms with Crippen LogP contribution in [0.15, 0.2) is 71.2 Å². The third-order valence-corrected chi connectivity index (χ3v) is 4.63. The lowest BCUT2D eigenvalue weighted by Crippen LogP contribution is -1.96. The van der Waals surface area contributed by atoms with Crippen LogP contribution in [0, 0.1) is 6.92 Å². The average Bonchev–Trinajstić information content (AvgIpc) is 2.64. The van der Waals surface area contributed by atoms with Gasteiger partial charge in [0.1, 0.15) is 11.5 Å². The molecular weight excluding hydrogens is 392 g/mol. The average molecular weight is 407 g/mol. The number of nitrogens with zero attached hydrogens (tertiary/aromatic N) is 2. The van der Waals surface area contributed by atoms with E-state index in [4.69, 9.17) is 4.74 Å². The molecule has 0 saturated carbocycles. The van der Waals surface area contributed by atoms with Crippen LogP contribution >= 0.6 is 15.9 Å². The summed E-state index contributed by atoms with van der Waals surface area (Å²) < 4.78 is 6.95. The molecule has 0 saturated heterocycles. The number of rotatable bonds is 3. The fraction of sp³-hybridized carbons (Fsp3) is 0.0476. The molecule has 0 aliphatic rings. The third-order valence-electron chi connectivity index (χ3n) is 4.01. The van der Waals surface area contributed by atoms with E-state index in [9.17, 15) is 5.11 Å². The van der Waals surface area contributed by atoms with Crippen molar-refractivity contribution < 1.29 is 9.84 Å². The molecule has 4 rings (SSSR count). The number of phenols is 1. The van der Waals surface area contributed by atoms with Gasteiger partial charge in [-0.3, -0.25) is 0 Å². The highest BCUT2D eigenvalue weighted by Crippen LogP contribution is 2.35. The maximum Gasteiger partial charge on any atom is 0.230 e. The molecule has 1 heterocycles. The molecule has 0 radical (unpaired) electrons. The van der Waals surface area contributed by atoms with Crippen molar-refractivity contribution in [1.29, 1.82) is 0 Å². The van der Waals surface area contributed by atoms with Crippen LogP contribution < -0.4 is 4.74 Å². The highest BCUT2D eigenvalue weighted by Gasteiger charge is 2.14. The fourth-order valence-electron chi connectivity index (χ4n) is 2.70. The number of aromatic nitrogens is 2. The Morgan fingerprint density at radius 3 is 2.50 bits per heavy atom. The normalized spacial score (nSPS) is 10.8. The summed E-state index contributed by atoms with van der Waals surface area (Å²) in [6.07, 6.45) is 0. The highest BCUT2D eigenvalue weighted by molar-refractivity contribution is 9.10. The van der Waals surface area contributed by atoms with E-state index in [1.807, 2.05) is 55.5 Å². The zero-order valence-electron chi connectivity index (χ0n) is 14.0. The lowest BCUT2D eigenvalue weighted by atomic mass is 10.1. The lowest BCUT2D eigenvalue weighted by molar-refractivity contribution is 0.464. The predicted molar refractivity (Wildman–Crippen MR) is 106 cm³/mol. The van der Waals surface area contributed by atoms with E-state index in [1.54, 1.807) is 18.2 Å². The highest BCUT2D eigenvalue weighted by atomic mass is 79.9. The molecule has 0 aliphatic heterocycles. The maximum atomic E-state index is 10.2. The van der Waals surface area contributed by atoms with Crippen molar-refractivity contribution in [3.8, 4) is 28.8 Å². The van der Waals surface area contributed by atoms with Crippen molar-refractivity contribution in [3.05, 3.63) is 76.8 Å². The van der Waals surface area contributed by atoms with Gasteiger partial charge in [0.2, 0.25) is 5.88 Å². The van der Waals surface area contributed by atoms with Crippen molar-refractivity contribution in [3.63, 3.8) is 0 Å². The molecule has 5 heteroatoms. The summed E-state index contributed by atoms with van der Waals surface area (Å²) in [5, 5.41) is 11.0. The minimum Gasteiger partial charge on any atom is -0.507 e. The molecule has 0 bridgehead atoms. The van der Waals surface area contributed by atoms with Gasteiger partial charge in [-0.1, -0.05) is 30.3 Å². The molecule has 1 N–H and O–H groups in total. The molecule has 0 aliphatic carbocycles. The van der Waals surface area contributed by atoms with Gasteiger partial charge in [0, 0.05) is 0 Å². The van der Waals surface area contributed by atoms with Gasteiger partial charge in [0.15, 0.2) is 5.82 Å². The van der Waals surface area contributed by atoms with E-state index >= 15 is 0 Å². The van der Waals surface area contributed by atoms with Gasteiger partial charge < -0.3 is 9.84 Å². The van der Waals surface area contributed by atoms with Crippen LogP contribution in [0.25, 0.3) is 22.3 Å². The van der Waals surface area contributed by atoms with Gasteiger partial charge in [0.25, 0.3) is 0 Å². The van der Waals surface area contributed by atoms with Crippen LogP contribution in [0.4, 0.5) is 0 Å². The second kappa shape index (κ2) is 6.77. The van der Waals surface area contributed by atoms with Crippen LogP contribution in [0.1, 0.15) is 5.56 Å². The minimum atomic E-state index is 0.130. The number of ether oxygens (including phenoxy) is 1. The van der Waals surface area contributed by atoms with Gasteiger partial charge in [0.05, 0.1) is 20.9 Å². The number of aromatic hydroxyl groups is 1. The number of fused-ring (bicyclic) bond motifs is 1. The Balaban J connectivity index is 1.89. The Bertz CT molecular complexity index is 1110. The Morgan fingerprint density at radius 1 is 0.923 bits per heavy atom. The largest absolute Gasteiger partial charge is 0.507 e. The van der Waals surface area contributed by atoms with Gasteiger partial charge in [-0.2, -0.15) is 4.98 Å². The quantitative estimate of drug-likeness (QED) is 0.462. The Morgan fingerprint density at radius 2 is 1.69 bits per heavy atom. The number of hydrogen-bond donors (Lipinski definition) is 1. The number of para-hydroxylation sites is 2. The predicted octanol–water partition coefficient (Wildman–Crippen LogP) is 5.87. The summed E-state index contributed by atoms with van der Waals surface area (Å²) in [7, 11) is 0. The summed E-state index contributed by atoms with van der Waals surface area (Å²) in [4.78, 5) is 9.16.